The van der Waals surface area contributed by atoms with E-state index in [1.54, 1.807) is 26.1 Å². The smallest absolute Gasteiger partial charge is 0.231 e. The van der Waals surface area contributed by atoms with Gasteiger partial charge in [-0.3, -0.25) is 4.99 Å². The van der Waals surface area contributed by atoms with Gasteiger partial charge in [-0.05, 0) is 61.6 Å². The second kappa shape index (κ2) is 9.14. The quantitative estimate of drug-likeness (QED) is 0.561. The van der Waals surface area contributed by atoms with Crippen LogP contribution in [0.25, 0.3) is 0 Å². The molecule has 2 aliphatic rings. The highest BCUT2D eigenvalue weighted by Crippen LogP contribution is 2.40. The first-order valence-electron chi connectivity index (χ1n) is 10.7. The molecule has 2 heterocycles. The third-order valence-corrected chi connectivity index (χ3v) is 6.30. The van der Waals surface area contributed by atoms with E-state index in [2.05, 4.69) is 27.8 Å². The van der Waals surface area contributed by atoms with Crippen molar-refractivity contribution in [3.05, 3.63) is 58.9 Å². The third-order valence-electron chi connectivity index (χ3n) is 6.30. The predicted molar refractivity (Wildman–Crippen MR) is 118 cm³/mol. The van der Waals surface area contributed by atoms with Crippen LogP contribution in [0, 0.1) is 12.7 Å². The van der Waals surface area contributed by atoms with Gasteiger partial charge in [-0.2, -0.15) is 0 Å². The minimum absolute atomic E-state index is 0.0857. The number of benzene rings is 2. The number of hydrogen-bond acceptors (Lipinski definition) is 4. The molecule has 0 spiro atoms. The van der Waals surface area contributed by atoms with E-state index < -0.39 is 0 Å². The molecule has 0 radical (unpaired) electrons. The SMILES string of the molecule is CN=C(NCC1(c2ccc3c(c2)OCO3)CCOCC1)NC(C)c1ccc(C)c(F)c1. The number of rotatable bonds is 5. The molecule has 1 atom stereocenters. The molecule has 0 aliphatic carbocycles. The van der Waals surface area contributed by atoms with E-state index in [4.69, 9.17) is 14.2 Å². The fourth-order valence-electron chi connectivity index (χ4n) is 4.17. The zero-order valence-electron chi connectivity index (χ0n) is 18.3. The van der Waals surface area contributed by atoms with Gasteiger partial charge in [-0.25, -0.2) is 4.39 Å². The Kier molecular flexibility index (Phi) is 6.32. The van der Waals surface area contributed by atoms with Crippen LogP contribution in [-0.4, -0.2) is 39.6 Å². The molecule has 166 valence electrons. The molecule has 2 aliphatic heterocycles. The first-order valence-corrected chi connectivity index (χ1v) is 10.7. The number of guanidine groups is 1. The van der Waals surface area contributed by atoms with Crippen LogP contribution in [0.5, 0.6) is 11.5 Å². The highest BCUT2D eigenvalue weighted by Gasteiger charge is 2.36. The number of fused-ring (bicyclic) bond motifs is 1. The monoisotopic (exact) mass is 427 g/mol. The van der Waals surface area contributed by atoms with Gasteiger partial charge < -0.3 is 24.8 Å². The van der Waals surface area contributed by atoms with Crippen molar-refractivity contribution in [2.75, 3.05) is 33.6 Å². The Morgan fingerprint density at radius 3 is 2.65 bits per heavy atom. The molecule has 7 heteroatoms. The number of aliphatic imine (C=N–C) groups is 1. The molecule has 2 N–H and O–H groups in total. The Morgan fingerprint density at radius 2 is 1.90 bits per heavy atom. The summed E-state index contributed by atoms with van der Waals surface area (Å²) in [5.41, 5.74) is 2.62. The number of nitrogens with zero attached hydrogens (tertiary/aromatic N) is 1. The summed E-state index contributed by atoms with van der Waals surface area (Å²) >= 11 is 0. The molecule has 0 aromatic heterocycles. The summed E-state index contributed by atoms with van der Waals surface area (Å²) in [6, 6.07) is 11.4. The Balaban J connectivity index is 1.47. The summed E-state index contributed by atoms with van der Waals surface area (Å²) in [6.07, 6.45) is 1.80. The molecule has 0 bridgehead atoms. The molecule has 2 aromatic carbocycles. The van der Waals surface area contributed by atoms with Gasteiger partial charge in [0, 0.05) is 32.2 Å². The van der Waals surface area contributed by atoms with Crippen LogP contribution in [0.3, 0.4) is 0 Å². The Labute approximate surface area is 182 Å². The topological polar surface area (TPSA) is 64.1 Å². The van der Waals surface area contributed by atoms with Gasteiger partial charge in [0.15, 0.2) is 17.5 Å². The van der Waals surface area contributed by atoms with Crippen molar-refractivity contribution in [1.29, 1.82) is 0 Å². The maximum atomic E-state index is 14.0. The van der Waals surface area contributed by atoms with E-state index in [1.165, 1.54) is 5.56 Å². The van der Waals surface area contributed by atoms with E-state index in [0.29, 0.717) is 31.3 Å². The number of nitrogens with one attached hydrogen (secondary N) is 2. The molecule has 31 heavy (non-hydrogen) atoms. The zero-order chi connectivity index (χ0) is 21.8. The highest BCUT2D eigenvalue weighted by atomic mass is 19.1. The van der Waals surface area contributed by atoms with Crippen molar-refractivity contribution in [3.8, 4) is 11.5 Å². The minimum Gasteiger partial charge on any atom is -0.454 e. The third kappa shape index (κ3) is 4.61. The van der Waals surface area contributed by atoms with Gasteiger partial charge in [-0.1, -0.05) is 18.2 Å². The van der Waals surface area contributed by atoms with Gasteiger partial charge in [0.25, 0.3) is 0 Å². The van der Waals surface area contributed by atoms with Crippen LogP contribution in [0.4, 0.5) is 4.39 Å². The van der Waals surface area contributed by atoms with Crippen LogP contribution in [0.15, 0.2) is 41.4 Å². The van der Waals surface area contributed by atoms with Crippen LogP contribution < -0.4 is 20.1 Å². The second-order valence-corrected chi connectivity index (χ2v) is 8.26. The van der Waals surface area contributed by atoms with Gasteiger partial charge in [0.05, 0.1) is 6.04 Å². The fraction of sp³-hybridized carbons (Fsp3) is 0.458. The predicted octanol–water partition coefficient (Wildman–Crippen LogP) is 3.84. The Morgan fingerprint density at radius 1 is 1.13 bits per heavy atom. The van der Waals surface area contributed by atoms with Crippen molar-refractivity contribution in [3.63, 3.8) is 0 Å². The second-order valence-electron chi connectivity index (χ2n) is 8.26. The standard InChI is InChI=1S/C24H30FN3O3/c1-16-4-5-18(12-20(16)25)17(2)28-23(26-3)27-14-24(8-10-29-11-9-24)19-6-7-21-22(13-19)31-15-30-21/h4-7,12-13,17H,8-11,14-15H2,1-3H3,(H2,26,27,28). The summed E-state index contributed by atoms with van der Waals surface area (Å²) in [6.45, 7) is 6.15. The van der Waals surface area contributed by atoms with Gasteiger partial charge in [-0.15, -0.1) is 0 Å². The lowest BCUT2D eigenvalue weighted by Gasteiger charge is -2.38. The first kappa shape index (κ1) is 21.4. The average Bonchev–Trinajstić information content (AvgIpc) is 3.27. The lowest BCUT2D eigenvalue weighted by atomic mass is 9.74. The summed E-state index contributed by atoms with van der Waals surface area (Å²) in [7, 11) is 1.75. The summed E-state index contributed by atoms with van der Waals surface area (Å²) in [4.78, 5) is 4.39. The van der Waals surface area contributed by atoms with E-state index in [1.807, 2.05) is 19.1 Å². The molecule has 4 rings (SSSR count). The fourth-order valence-corrected chi connectivity index (χ4v) is 4.17. The van der Waals surface area contributed by atoms with Crippen LogP contribution in [0.2, 0.25) is 0 Å². The van der Waals surface area contributed by atoms with Crippen molar-refractivity contribution < 1.29 is 18.6 Å². The van der Waals surface area contributed by atoms with Crippen molar-refractivity contribution in [2.24, 2.45) is 4.99 Å². The van der Waals surface area contributed by atoms with Crippen molar-refractivity contribution >= 4 is 5.96 Å². The van der Waals surface area contributed by atoms with Gasteiger partial charge >= 0.3 is 0 Å². The Hall–Kier alpha value is -2.80. The van der Waals surface area contributed by atoms with Crippen molar-refractivity contribution in [1.82, 2.24) is 10.6 Å². The van der Waals surface area contributed by atoms with E-state index in [9.17, 15) is 4.39 Å². The summed E-state index contributed by atoms with van der Waals surface area (Å²) in [5, 5.41) is 6.87. The number of ether oxygens (including phenoxy) is 3. The largest absolute Gasteiger partial charge is 0.454 e. The lowest BCUT2D eigenvalue weighted by Crippen LogP contribution is -2.48. The highest BCUT2D eigenvalue weighted by molar-refractivity contribution is 5.80. The maximum absolute atomic E-state index is 14.0. The van der Waals surface area contributed by atoms with Crippen LogP contribution in [-0.2, 0) is 10.2 Å². The normalized spacial score (nSPS) is 18.5. The Bertz CT molecular complexity index is 957. The molecule has 0 amide bonds. The average molecular weight is 428 g/mol. The van der Waals surface area contributed by atoms with Crippen LogP contribution >= 0.6 is 0 Å². The first-order chi connectivity index (χ1) is 15.0. The van der Waals surface area contributed by atoms with Crippen LogP contribution in [0.1, 0.15) is 42.5 Å². The minimum atomic E-state index is -0.196. The lowest BCUT2D eigenvalue weighted by molar-refractivity contribution is 0.0513. The summed E-state index contributed by atoms with van der Waals surface area (Å²) in [5.74, 6) is 2.06. The van der Waals surface area contributed by atoms with E-state index in [-0.39, 0.29) is 24.1 Å². The van der Waals surface area contributed by atoms with E-state index in [0.717, 1.165) is 29.9 Å². The molecular weight excluding hydrogens is 397 g/mol. The van der Waals surface area contributed by atoms with Gasteiger partial charge in [0.1, 0.15) is 5.82 Å². The number of halogens is 1. The molecule has 2 aromatic rings. The molecule has 1 saturated heterocycles. The maximum Gasteiger partial charge on any atom is 0.231 e. The zero-order valence-corrected chi connectivity index (χ0v) is 18.3. The van der Waals surface area contributed by atoms with Gasteiger partial charge in [0.2, 0.25) is 6.79 Å². The molecule has 0 saturated carbocycles. The molecule has 6 nitrogen and oxygen atoms in total. The summed E-state index contributed by atoms with van der Waals surface area (Å²) < 4.78 is 30.7. The molecule has 1 fully saturated rings. The molecule has 1 unspecified atom stereocenters. The number of aryl methyl sites for hydroxylation is 1. The molecular formula is C24H30FN3O3. The van der Waals surface area contributed by atoms with Crippen molar-refractivity contribution in [2.45, 2.75) is 38.1 Å². The number of hydrogen-bond donors (Lipinski definition) is 2. The van der Waals surface area contributed by atoms with E-state index >= 15 is 0 Å².